The Kier molecular flexibility index (Phi) is 5.42. The van der Waals surface area contributed by atoms with Gasteiger partial charge in [0.1, 0.15) is 17.8 Å². The molecule has 3 heterocycles. The Labute approximate surface area is 189 Å². The van der Waals surface area contributed by atoms with Gasteiger partial charge in [-0.15, -0.1) is 16.7 Å². The van der Waals surface area contributed by atoms with Gasteiger partial charge in [-0.3, -0.25) is 0 Å². The van der Waals surface area contributed by atoms with Gasteiger partial charge in [0.2, 0.25) is 5.88 Å². The predicted octanol–water partition coefficient (Wildman–Crippen LogP) is 5.63. The molecule has 4 aromatic rings. The maximum atomic E-state index is 6.22. The number of benzene rings is 2. The van der Waals surface area contributed by atoms with E-state index in [2.05, 4.69) is 10.1 Å². The van der Waals surface area contributed by atoms with Gasteiger partial charge in [-0.1, -0.05) is 29.8 Å². The summed E-state index contributed by atoms with van der Waals surface area (Å²) in [6.45, 7) is 2.54. The molecule has 1 unspecified atom stereocenters. The molecule has 2 aromatic heterocycles. The number of nitrogens with zero attached hydrogens (tertiary/aromatic N) is 4. The molecule has 0 amide bonds. The molecular formula is C23H20Cl2N4O2. The number of aryl methyl sites for hydroxylation is 1. The molecule has 0 N–H and O–H groups in total. The molecule has 0 spiro atoms. The topological polar surface area (TPSA) is 61.5 Å². The molecule has 0 bridgehead atoms. The fourth-order valence-corrected chi connectivity index (χ4v) is 4.19. The first-order valence-corrected chi connectivity index (χ1v) is 11.1. The van der Waals surface area contributed by atoms with Gasteiger partial charge in [0, 0.05) is 34.9 Å². The molecule has 5 rings (SSSR count). The van der Waals surface area contributed by atoms with E-state index in [4.69, 9.17) is 37.7 Å². The van der Waals surface area contributed by atoms with E-state index in [1.807, 2.05) is 49.4 Å². The lowest BCUT2D eigenvalue weighted by Gasteiger charge is -2.28. The lowest BCUT2D eigenvalue weighted by molar-refractivity contribution is 0.336. The second-order valence-corrected chi connectivity index (χ2v) is 8.09. The Balaban J connectivity index is 1.70. The molecule has 0 saturated heterocycles. The molecule has 1 aliphatic heterocycles. The third kappa shape index (κ3) is 3.70. The van der Waals surface area contributed by atoms with Crippen molar-refractivity contribution in [1.82, 2.24) is 19.6 Å². The van der Waals surface area contributed by atoms with Crippen molar-refractivity contribution in [2.75, 3.05) is 12.5 Å². The minimum absolute atomic E-state index is 0.132. The summed E-state index contributed by atoms with van der Waals surface area (Å²) in [5.41, 5.74) is 3.69. The van der Waals surface area contributed by atoms with Gasteiger partial charge in [-0.05, 0) is 37.1 Å². The van der Waals surface area contributed by atoms with E-state index in [1.165, 1.54) is 0 Å². The van der Waals surface area contributed by atoms with Crippen LogP contribution in [0.1, 0.15) is 41.8 Å². The minimum Gasteiger partial charge on any atom is -0.494 e. The van der Waals surface area contributed by atoms with Crippen LogP contribution in [0, 0.1) is 0 Å². The van der Waals surface area contributed by atoms with E-state index in [1.54, 1.807) is 10.8 Å². The van der Waals surface area contributed by atoms with E-state index in [9.17, 15) is 0 Å². The number of hydrogen-bond donors (Lipinski definition) is 0. The largest absolute Gasteiger partial charge is 0.494 e. The molecular weight excluding hydrogens is 435 g/mol. The molecule has 6 nitrogen and oxygen atoms in total. The SMILES string of the molecule is CCOc1ccc2c(c1)Oc1ncn3nc(CCCCl)nc3c1C2c1ccc(Cl)cc1. The number of aromatic nitrogens is 4. The highest BCUT2D eigenvalue weighted by molar-refractivity contribution is 6.30. The first kappa shape index (κ1) is 20.1. The van der Waals surface area contributed by atoms with Crippen LogP contribution in [0.2, 0.25) is 5.02 Å². The van der Waals surface area contributed by atoms with E-state index in [-0.39, 0.29) is 5.92 Å². The molecule has 2 aromatic carbocycles. The van der Waals surface area contributed by atoms with Crippen molar-refractivity contribution in [3.05, 3.63) is 76.3 Å². The smallest absolute Gasteiger partial charge is 0.228 e. The Morgan fingerprint density at radius 3 is 2.77 bits per heavy atom. The lowest BCUT2D eigenvalue weighted by atomic mass is 9.84. The van der Waals surface area contributed by atoms with Crippen molar-refractivity contribution >= 4 is 28.8 Å². The average Bonchev–Trinajstić information content (AvgIpc) is 3.20. The zero-order valence-corrected chi connectivity index (χ0v) is 18.4. The third-order valence-corrected chi connectivity index (χ3v) is 5.79. The first-order valence-electron chi connectivity index (χ1n) is 10.2. The molecule has 31 heavy (non-hydrogen) atoms. The Morgan fingerprint density at radius 2 is 2.00 bits per heavy atom. The molecule has 158 valence electrons. The third-order valence-electron chi connectivity index (χ3n) is 5.27. The monoisotopic (exact) mass is 454 g/mol. The van der Waals surface area contributed by atoms with Gasteiger partial charge in [-0.2, -0.15) is 0 Å². The van der Waals surface area contributed by atoms with Crippen LogP contribution in [0.4, 0.5) is 0 Å². The number of fused-ring (bicyclic) bond motifs is 4. The zero-order valence-electron chi connectivity index (χ0n) is 16.9. The minimum atomic E-state index is -0.132. The molecule has 0 aliphatic carbocycles. The van der Waals surface area contributed by atoms with Gasteiger partial charge in [0.05, 0.1) is 12.2 Å². The van der Waals surface area contributed by atoms with Crippen LogP contribution < -0.4 is 9.47 Å². The summed E-state index contributed by atoms with van der Waals surface area (Å²) in [5.74, 6) is 3.17. The summed E-state index contributed by atoms with van der Waals surface area (Å²) in [7, 11) is 0. The summed E-state index contributed by atoms with van der Waals surface area (Å²) in [6, 6.07) is 13.7. The molecule has 0 radical (unpaired) electrons. The van der Waals surface area contributed by atoms with Crippen LogP contribution in [-0.4, -0.2) is 32.1 Å². The Bertz CT molecular complexity index is 1240. The summed E-state index contributed by atoms with van der Waals surface area (Å²) >= 11 is 12.0. The number of alkyl halides is 1. The van der Waals surface area contributed by atoms with Crippen molar-refractivity contribution < 1.29 is 9.47 Å². The lowest BCUT2D eigenvalue weighted by Crippen LogP contribution is -2.15. The van der Waals surface area contributed by atoms with Crippen LogP contribution >= 0.6 is 23.2 Å². The van der Waals surface area contributed by atoms with Gasteiger partial charge >= 0.3 is 0 Å². The van der Waals surface area contributed by atoms with Crippen molar-refractivity contribution in [2.45, 2.75) is 25.7 Å². The van der Waals surface area contributed by atoms with E-state index < -0.39 is 0 Å². The standard InChI is InChI=1S/C23H20Cl2N4O2/c1-2-30-16-9-10-17-18(12-16)31-23-21(20(17)14-5-7-15(25)8-6-14)22-27-19(4-3-11-24)28-29(22)13-26-23/h5-10,12-13,20H,2-4,11H2,1H3. The number of rotatable bonds is 6. The Morgan fingerprint density at radius 1 is 1.16 bits per heavy atom. The van der Waals surface area contributed by atoms with Gasteiger partial charge < -0.3 is 9.47 Å². The zero-order chi connectivity index (χ0) is 21.4. The van der Waals surface area contributed by atoms with Crippen molar-refractivity contribution in [3.63, 3.8) is 0 Å². The van der Waals surface area contributed by atoms with Crippen molar-refractivity contribution in [1.29, 1.82) is 0 Å². The van der Waals surface area contributed by atoms with Crippen molar-refractivity contribution in [3.8, 4) is 17.4 Å². The predicted molar refractivity (Wildman–Crippen MR) is 120 cm³/mol. The fraction of sp³-hybridized carbons (Fsp3) is 0.261. The van der Waals surface area contributed by atoms with E-state index >= 15 is 0 Å². The quantitative estimate of drug-likeness (QED) is 0.311. The van der Waals surface area contributed by atoms with Crippen LogP contribution in [0.3, 0.4) is 0 Å². The average molecular weight is 455 g/mol. The fourth-order valence-electron chi connectivity index (χ4n) is 3.93. The first-order chi connectivity index (χ1) is 15.2. The normalized spacial score (nSPS) is 14.7. The summed E-state index contributed by atoms with van der Waals surface area (Å²) in [4.78, 5) is 9.35. The maximum absolute atomic E-state index is 6.22. The summed E-state index contributed by atoms with van der Waals surface area (Å²) in [6.07, 6.45) is 3.16. The van der Waals surface area contributed by atoms with Crippen LogP contribution in [-0.2, 0) is 6.42 Å². The molecule has 1 aliphatic rings. The highest BCUT2D eigenvalue weighted by atomic mass is 35.5. The second-order valence-electron chi connectivity index (χ2n) is 7.27. The highest BCUT2D eigenvalue weighted by Gasteiger charge is 2.33. The van der Waals surface area contributed by atoms with Gasteiger partial charge in [0.15, 0.2) is 11.5 Å². The van der Waals surface area contributed by atoms with Crippen LogP contribution in [0.25, 0.3) is 5.65 Å². The van der Waals surface area contributed by atoms with Crippen LogP contribution in [0.5, 0.6) is 17.4 Å². The molecule has 8 heteroatoms. The van der Waals surface area contributed by atoms with Gasteiger partial charge in [-0.25, -0.2) is 14.5 Å². The number of hydrogen-bond acceptors (Lipinski definition) is 5. The summed E-state index contributed by atoms with van der Waals surface area (Å²) in [5, 5.41) is 5.27. The number of ether oxygens (including phenoxy) is 2. The maximum Gasteiger partial charge on any atom is 0.228 e. The molecule has 0 fully saturated rings. The Hall–Kier alpha value is -2.83. The van der Waals surface area contributed by atoms with E-state index in [0.717, 1.165) is 46.1 Å². The second kappa shape index (κ2) is 8.36. The van der Waals surface area contributed by atoms with E-state index in [0.29, 0.717) is 29.8 Å². The highest BCUT2D eigenvalue weighted by Crippen LogP contribution is 2.48. The molecule has 0 saturated carbocycles. The van der Waals surface area contributed by atoms with Crippen molar-refractivity contribution in [2.24, 2.45) is 0 Å². The molecule has 1 atom stereocenters. The summed E-state index contributed by atoms with van der Waals surface area (Å²) < 4.78 is 13.6. The number of halogens is 2. The van der Waals surface area contributed by atoms with Crippen LogP contribution in [0.15, 0.2) is 48.8 Å². The van der Waals surface area contributed by atoms with Gasteiger partial charge in [0.25, 0.3) is 0 Å².